The molecule has 5 heteroatoms. The Morgan fingerprint density at radius 3 is 1.57 bits per heavy atom. The molecule has 0 aliphatic rings. The van der Waals surface area contributed by atoms with Gasteiger partial charge in [0.2, 0.25) is 0 Å². The van der Waals surface area contributed by atoms with E-state index in [9.17, 15) is 0 Å². The lowest BCUT2D eigenvalue weighted by Crippen LogP contribution is -2.00. The van der Waals surface area contributed by atoms with E-state index in [4.69, 9.17) is 15.0 Å². The molecule has 0 bridgehead atoms. The van der Waals surface area contributed by atoms with E-state index in [1.54, 1.807) is 0 Å². The van der Waals surface area contributed by atoms with Crippen LogP contribution in [-0.2, 0) is 0 Å². The Morgan fingerprint density at radius 2 is 0.821 bits per heavy atom. The number of benzene rings is 8. The van der Waals surface area contributed by atoms with Gasteiger partial charge in [0.15, 0.2) is 17.5 Å². The molecular weight excluding hydrogens is 683 g/mol. The van der Waals surface area contributed by atoms with Crippen LogP contribution in [0.4, 0.5) is 0 Å². The van der Waals surface area contributed by atoms with Gasteiger partial charge < -0.3 is 8.97 Å². The van der Waals surface area contributed by atoms with Gasteiger partial charge in [0, 0.05) is 54.7 Å². The Labute approximate surface area is 321 Å². The molecule has 0 saturated carbocycles. The van der Waals surface area contributed by atoms with Gasteiger partial charge in [0.05, 0.1) is 27.6 Å². The van der Waals surface area contributed by atoms with Crippen LogP contribution in [0.3, 0.4) is 0 Å². The number of para-hydroxylation sites is 3. The molecular formula is C51H31N5. The fourth-order valence-electron chi connectivity index (χ4n) is 8.84. The van der Waals surface area contributed by atoms with Crippen LogP contribution in [0.5, 0.6) is 0 Å². The molecule has 4 aromatic heterocycles. The van der Waals surface area contributed by atoms with Crippen LogP contribution in [0, 0.1) is 0 Å². The zero-order valence-corrected chi connectivity index (χ0v) is 30.1. The van der Waals surface area contributed by atoms with E-state index in [0.717, 1.165) is 33.5 Å². The minimum atomic E-state index is 0.640. The summed E-state index contributed by atoms with van der Waals surface area (Å²) in [7, 11) is 0. The monoisotopic (exact) mass is 713 g/mol. The van der Waals surface area contributed by atoms with Gasteiger partial charge in [-0.15, -0.1) is 0 Å². The van der Waals surface area contributed by atoms with Crippen LogP contribution in [0.2, 0.25) is 0 Å². The summed E-state index contributed by atoms with van der Waals surface area (Å²) in [6.45, 7) is 0. The number of fused-ring (bicyclic) bond motifs is 10. The number of hydrogen-bond acceptors (Lipinski definition) is 3. The lowest BCUT2D eigenvalue weighted by atomic mass is 9.99. The molecule has 12 aromatic rings. The van der Waals surface area contributed by atoms with Crippen molar-refractivity contribution < 1.29 is 0 Å². The predicted octanol–water partition coefficient (Wildman–Crippen LogP) is 12.8. The summed E-state index contributed by atoms with van der Waals surface area (Å²) in [5.74, 6) is 1.94. The maximum absolute atomic E-state index is 5.03. The molecule has 8 aromatic carbocycles. The Hall–Kier alpha value is -7.63. The van der Waals surface area contributed by atoms with E-state index in [1.807, 2.05) is 60.7 Å². The zero-order chi connectivity index (χ0) is 36.7. The number of nitrogens with zero attached hydrogens (tertiary/aromatic N) is 5. The van der Waals surface area contributed by atoms with E-state index >= 15 is 0 Å². The summed E-state index contributed by atoms with van der Waals surface area (Å²) in [5, 5.41) is 7.61. The van der Waals surface area contributed by atoms with Crippen LogP contribution >= 0.6 is 0 Å². The number of aromatic nitrogens is 5. The first kappa shape index (κ1) is 30.8. The molecule has 0 N–H and O–H groups in total. The molecule has 0 atom stereocenters. The van der Waals surface area contributed by atoms with Gasteiger partial charge in [-0.2, -0.15) is 0 Å². The standard InChI is InChI=1S/C51H31N5/c1-4-14-32(15-5-1)49-52-50(33-16-6-2-7-17-33)54-51(53-49)36-19-12-18-34(30-36)35-26-27-43-41(31-35)47-44(55(43)37-20-8-3-9-21-37)28-29-45-46(47)40-24-13-23-39-38-22-10-11-25-42(38)56(45)48(39)40/h1-31H. The molecule has 0 amide bonds. The van der Waals surface area contributed by atoms with Gasteiger partial charge in [-0.3, -0.25) is 0 Å². The molecule has 56 heavy (non-hydrogen) atoms. The molecule has 0 spiro atoms. The summed E-state index contributed by atoms with van der Waals surface area (Å²) >= 11 is 0. The smallest absolute Gasteiger partial charge is 0.164 e. The van der Waals surface area contributed by atoms with Gasteiger partial charge >= 0.3 is 0 Å². The Bertz CT molecular complexity index is 3400. The van der Waals surface area contributed by atoms with Crippen molar-refractivity contribution in [1.82, 2.24) is 23.9 Å². The van der Waals surface area contributed by atoms with Crippen molar-refractivity contribution in [3.63, 3.8) is 0 Å². The third-order valence-electron chi connectivity index (χ3n) is 11.3. The molecule has 0 aliphatic carbocycles. The van der Waals surface area contributed by atoms with Crippen molar-refractivity contribution in [3.05, 3.63) is 188 Å². The molecule has 0 saturated heterocycles. The third kappa shape index (κ3) is 4.52. The minimum Gasteiger partial charge on any atom is -0.309 e. The lowest BCUT2D eigenvalue weighted by molar-refractivity contribution is 1.07. The molecule has 12 rings (SSSR count). The highest BCUT2D eigenvalue weighted by atomic mass is 15.0. The Kier molecular flexibility index (Phi) is 6.56. The second-order valence-corrected chi connectivity index (χ2v) is 14.4. The van der Waals surface area contributed by atoms with E-state index in [0.29, 0.717) is 17.5 Å². The zero-order valence-electron chi connectivity index (χ0n) is 30.1. The molecule has 0 aliphatic heterocycles. The molecule has 5 nitrogen and oxygen atoms in total. The quantitative estimate of drug-likeness (QED) is 0.178. The predicted molar refractivity (Wildman–Crippen MR) is 231 cm³/mol. The van der Waals surface area contributed by atoms with Crippen LogP contribution in [0.15, 0.2) is 188 Å². The largest absolute Gasteiger partial charge is 0.309 e. The fourth-order valence-corrected chi connectivity index (χ4v) is 8.84. The normalized spacial score (nSPS) is 11.9. The summed E-state index contributed by atoms with van der Waals surface area (Å²) in [4.78, 5) is 15.0. The van der Waals surface area contributed by atoms with Crippen molar-refractivity contribution in [3.8, 4) is 51.0 Å². The van der Waals surface area contributed by atoms with Crippen LogP contribution in [0.1, 0.15) is 0 Å². The van der Waals surface area contributed by atoms with Gasteiger partial charge in [-0.05, 0) is 59.7 Å². The molecule has 0 radical (unpaired) electrons. The van der Waals surface area contributed by atoms with Crippen LogP contribution in [-0.4, -0.2) is 23.9 Å². The van der Waals surface area contributed by atoms with Crippen LogP contribution < -0.4 is 0 Å². The molecule has 260 valence electrons. The first-order valence-electron chi connectivity index (χ1n) is 19.0. The summed E-state index contributed by atoms with van der Waals surface area (Å²) in [6, 6.07) is 66.6. The van der Waals surface area contributed by atoms with E-state index in [-0.39, 0.29) is 0 Å². The highest BCUT2D eigenvalue weighted by Gasteiger charge is 2.23. The Balaban J connectivity index is 1.10. The second-order valence-electron chi connectivity index (χ2n) is 14.4. The van der Waals surface area contributed by atoms with E-state index in [1.165, 1.54) is 59.9 Å². The van der Waals surface area contributed by atoms with Gasteiger partial charge in [0.25, 0.3) is 0 Å². The van der Waals surface area contributed by atoms with Gasteiger partial charge in [0.1, 0.15) is 0 Å². The molecule has 0 fully saturated rings. The highest BCUT2D eigenvalue weighted by Crippen LogP contribution is 2.45. The third-order valence-corrected chi connectivity index (χ3v) is 11.3. The summed E-state index contributed by atoms with van der Waals surface area (Å²) < 4.78 is 4.88. The van der Waals surface area contributed by atoms with Crippen molar-refractivity contribution in [2.75, 3.05) is 0 Å². The van der Waals surface area contributed by atoms with Crippen molar-refractivity contribution in [2.24, 2.45) is 0 Å². The number of hydrogen-bond donors (Lipinski definition) is 0. The van der Waals surface area contributed by atoms with E-state index < -0.39 is 0 Å². The lowest BCUT2D eigenvalue weighted by Gasteiger charge is -2.10. The fraction of sp³-hybridized carbons (Fsp3) is 0. The van der Waals surface area contributed by atoms with Gasteiger partial charge in [-0.1, -0.05) is 140 Å². The molecule has 4 heterocycles. The summed E-state index contributed by atoms with van der Waals surface area (Å²) in [5.41, 5.74) is 12.3. The van der Waals surface area contributed by atoms with Crippen molar-refractivity contribution in [1.29, 1.82) is 0 Å². The first-order valence-corrected chi connectivity index (χ1v) is 19.0. The Morgan fingerprint density at radius 1 is 0.304 bits per heavy atom. The summed E-state index contributed by atoms with van der Waals surface area (Å²) in [6.07, 6.45) is 0. The molecule has 0 unspecified atom stereocenters. The average molecular weight is 714 g/mol. The van der Waals surface area contributed by atoms with Crippen LogP contribution in [0.25, 0.3) is 111 Å². The average Bonchev–Trinajstić information content (AvgIpc) is 3.92. The SMILES string of the molecule is c1ccc(-c2nc(-c3ccccc3)nc(-c3cccc(-c4ccc5c(c4)c4c6c7cccc8c9ccccc9n(c6ccc4n5-c4ccccc4)c87)c3)n2)cc1. The topological polar surface area (TPSA) is 48.0 Å². The second kappa shape index (κ2) is 11.9. The van der Waals surface area contributed by atoms with E-state index in [2.05, 4.69) is 136 Å². The van der Waals surface area contributed by atoms with Crippen molar-refractivity contribution in [2.45, 2.75) is 0 Å². The minimum absolute atomic E-state index is 0.640. The maximum Gasteiger partial charge on any atom is 0.164 e. The van der Waals surface area contributed by atoms with Gasteiger partial charge in [-0.25, -0.2) is 15.0 Å². The number of rotatable bonds is 5. The van der Waals surface area contributed by atoms with Crippen molar-refractivity contribution >= 4 is 59.9 Å². The highest BCUT2D eigenvalue weighted by molar-refractivity contribution is 6.33. The first-order chi connectivity index (χ1) is 27.8. The maximum atomic E-state index is 5.03.